The molecule has 0 aliphatic heterocycles. The lowest BCUT2D eigenvalue weighted by atomic mass is 10.0. The van der Waals surface area contributed by atoms with Crippen LogP contribution in [0.1, 0.15) is 18.6 Å². The third kappa shape index (κ3) is 2.53. The Morgan fingerprint density at radius 3 is 2.00 bits per heavy atom. The topological polar surface area (TPSA) is 46.2 Å². The summed E-state index contributed by atoms with van der Waals surface area (Å²) in [5.41, 5.74) is 6.11. The summed E-state index contributed by atoms with van der Waals surface area (Å²) in [7, 11) is 0. The number of rotatable bonds is 2. The van der Waals surface area contributed by atoms with E-state index in [1.54, 1.807) is 19.1 Å². The van der Waals surface area contributed by atoms with E-state index in [2.05, 4.69) is 0 Å². The van der Waals surface area contributed by atoms with E-state index in [1.165, 1.54) is 0 Å². The predicted octanol–water partition coefficient (Wildman–Crippen LogP) is 3.03. The van der Waals surface area contributed by atoms with Crippen LogP contribution in [0, 0.1) is 0 Å². The van der Waals surface area contributed by atoms with Crippen molar-refractivity contribution in [3.63, 3.8) is 0 Å². The summed E-state index contributed by atoms with van der Waals surface area (Å²) in [5, 5.41) is 10.6. The molecular weight excluding hydrogens is 244 g/mol. The van der Waals surface area contributed by atoms with Crippen LogP contribution in [0.5, 0.6) is 0 Å². The normalized spacial score (nSPS) is 15.3. The minimum Gasteiger partial charge on any atom is -0.387 e. The molecule has 1 aromatic rings. The van der Waals surface area contributed by atoms with Crippen molar-refractivity contribution >= 4 is 34.8 Å². The molecule has 14 heavy (non-hydrogen) atoms. The summed E-state index contributed by atoms with van der Waals surface area (Å²) in [6.45, 7) is 1.70. The maximum absolute atomic E-state index is 9.65. The van der Waals surface area contributed by atoms with Gasteiger partial charge in [-0.15, -0.1) is 0 Å². The molecule has 0 saturated carbocycles. The first-order chi connectivity index (χ1) is 6.43. The number of nitrogens with two attached hydrogens (primary N) is 1. The summed E-state index contributed by atoms with van der Waals surface area (Å²) >= 11 is 17.4. The molecule has 0 radical (unpaired) electrons. The van der Waals surface area contributed by atoms with Gasteiger partial charge in [-0.2, -0.15) is 0 Å². The highest BCUT2D eigenvalue weighted by Crippen LogP contribution is 2.33. The highest BCUT2D eigenvalue weighted by Gasteiger charge is 2.15. The van der Waals surface area contributed by atoms with Crippen LogP contribution in [-0.4, -0.2) is 11.1 Å². The Balaban J connectivity index is 3.12. The van der Waals surface area contributed by atoms with Gasteiger partial charge >= 0.3 is 0 Å². The van der Waals surface area contributed by atoms with Gasteiger partial charge in [0.05, 0.1) is 21.2 Å². The Labute approximate surface area is 97.6 Å². The first-order valence-electron chi connectivity index (χ1n) is 4.01. The minimum atomic E-state index is -0.790. The number of hydrogen-bond donors (Lipinski definition) is 2. The molecule has 0 unspecified atom stereocenters. The lowest BCUT2D eigenvalue weighted by Crippen LogP contribution is -2.24. The molecule has 0 amide bonds. The van der Waals surface area contributed by atoms with Crippen LogP contribution < -0.4 is 5.73 Å². The molecule has 1 rings (SSSR count). The smallest absolute Gasteiger partial charge is 0.0939 e. The van der Waals surface area contributed by atoms with Gasteiger partial charge in [-0.3, -0.25) is 0 Å². The molecule has 0 aliphatic carbocycles. The van der Waals surface area contributed by atoms with Gasteiger partial charge in [0.1, 0.15) is 0 Å². The second-order valence-corrected chi connectivity index (χ2v) is 4.29. The van der Waals surface area contributed by atoms with Crippen molar-refractivity contribution < 1.29 is 5.11 Å². The fraction of sp³-hybridized carbons (Fsp3) is 0.333. The lowest BCUT2D eigenvalue weighted by Gasteiger charge is -2.15. The molecule has 2 atom stereocenters. The van der Waals surface area contributed by atoms with Crippen molar-refractivity contribution in [2.24, 2.45) is 5.73 Å². The van der Waals surface area contributed by atoms with E-state index in [0.717, 1.165) is 0 Å². The quantitative estimate of drug-likeness (QED) is 0.797. The van der Waals surface area contributed by atoms with Crippen LogP contribution >= 0.6 is 34.8 Å². The average Bonchev–Trinajstić information content (AvgIpc) is 2.12. The van der Waals surface area contributed by atoms with Crippen molar-refractivity contribution in [1.29, 1.82) is 0 Å². The third-order valence-corrected chi connectivity index (χ3v) is 3.04. The zero-order valence-corrected chi connectivity index (χ0v) is 9.74. The van der Waals surface area contributed by atoms with E-state index in [9.17, 15) is 5.11 Å². The van der Waals surface area contributed by atoms with Crippen LogP contribution in [0.15, 0.2) is 12.1 Å². The van der Waals surface area contributed by atoms with Gasteiger partial charge in [-0.25, -0.2) is 0 Å². The van der Waals surface area contributed by atoms with E-state index >= 15 is 0 Å². The zero-order valence-electron chi connectivity index (χ0n) is 7.47. The van der Waals surface area contributed by atoms with E-state index in [0.29, 0.717) is 15.6 Å². The molecule has 1 aromatic carbocycles. The van der Waals surface area contributed by atoms with E-state index in [-0.39, 0.29) is 11.1 Å². The second kappa shape index (κ2) is 4.69. The number of aliphatic hydroxyl groups is 1. The van der Waals surface area contributed by atoms with Crippen LogP contribution in [0.4, 0.5) is 0 Å². The predicted molar refractivity (Wildman–Crippen MR) is 60.1 cm³/mol. The highest BCUT2D eigenvalue weighted by atomic mass is 35.5. The second-order valence-electron chi connectivity index (χ2n) is 3.10. The van der Waals surface area contributed by atoms with Crippen LogP contribution in [0.2, 0.25) is 15.1 Å². The first kappa shape index (κ1) is 12.1. The van der Waals surface area contributed by atoms with E-state index in [1.807, 2.05) is 0 Å². The Bertz CT molecular complexity index is 318. The van der Waals surface area contributed by atoms with Crippen LogP contribution in [0.3, 0.4) is 0 Å². The van der Waals surface area contributed by atoms with Gasteiger partial charge < -0.3 is 10.8 Å². The number of halogens is 3. The first-order valence-corrected chi connectivity index (χ1v) is 5.15. The highest BCUT2D eigenvalue weighted by molar-refractivity contribution is 6.48. The Morgan fingerprint density at radius 2 is 1.64 bits per heavy atom. The Kier molecular flexibility index (Phi) is 4.04. The number of aliphatic hydroxyl groups excluding tert-OH is 1. The van der Waals surface area contributed by atoms with Crippen molar-refractivity contribution in [3.8, 4) is 0 Å². The summed E-state index contributed by atoms with van der Waals surface area (Å²) in [6.07, 6.45) is -0.790. The summed E-state index contributed by atoms with van der Waals surface area (Å²) in [6, 6.07) is 2.73. The van der Waals surface area contributed by atoms with Gasteiger partial charge in [0, 0.05) is 6.04 Å². The van der Waals surface area contributed by atoms with Gasteiger partial charge in [-0.1, -0.05) is 34.8 Å². The zero-order chi connectivity index (χ0) is 10.9. The van der Waals surface area contributed by atoms with E-state index in [4.69, 9.17) is 40.5 Å². The molecule has 0 heterocycles. The van der Waals surface area contributed by atoms with Crippen LogP contribution in [0.25, 0.3) is 0 Å². The largest absolute Gasteiger partial charge is 0.387 e. The maximum atomic E-state index is 9.65. The number of benzene rings is 1. The lowest BCUT2D eigenvalue weighted by molar-refractivity contribution is 0.153. The third-order valence-electron chi connectivity index (χ3n) is 1.85. The standard InChI is InChI=1S/C9H10Cl3NO/c1-4(13)9(14)5-2-6(10)8(12)7(11)3-5/h2-4,9,14H,13H2,1H3/t4-,9-/m0/s1. The molecule has 3 N–H and O–H groups in total. The SMILES string of the molecule is C[C@H](N)[C@H](O)c1cc(Cl)c(Cl)c(Cl)c1. The Hall–Kier alpha value is 0.01000. The molecule has 0 aromatic heterocycles. The van der Waals surface area contributed by atoms with Crippen molar-refractivity contribution in [2.75, 3.05) is 0 Å². The fourth-order valence-electron chi connectivity index (χ4n) is 1.05. The summed E-state index contributed by atoms with van der Waals surface area (Å²) in [5.74, 6) is 0. The minimum absolute atomic E-state index is 0.286. The van der Waals surface area contributed by atoms with Gasteiger partial charge in [0.25, 0.3) is 0 Å². The molecule has 0 bridgehead atoms. The molecule has 0 fully saturated rings. The summed E-state index contributed by atoms with van der Waals surface area (Å²) < 4.78 is 0. The molecule has 78 valence electrons. The Morgan fingerprint density at radius 1 is 1.21 bits per heavy atom. The molecule has 0 saturated heterocycles. The summed E-state index contributed by atoms with van der Waals surface area (Å²) in [4.78, 5) is 0. The van der Waals surface area contributed by atoms with Crippen molar-refractivity contribution in [3.05, 3.63) is 32.8 Å². The van der Waals surface area contributed by atoms with Crippen molar-refractivity contribution in [2.45, 2.75) is 19.1 Å². The fourth-order valence-corrected chi connectivity index (χ4v) is 1.66. The van der Waals surface area contributed by atoms with Gasteiger partial charge in [0.15, 0.2) is 0 Å². The maximum Gasteiger partial charge on any atom is 0.0939 e. The van der Waals surface area contributed by atoms with Gasteiger partial charge in [0.2, 0.25) is 0 Å². The van der Waals surface area contributed by atoms with Crippen LogP contribution in [-0.2, 0) is 0 Å². The molecule has 5 heteroatoms. The molecule has 0 aliphatic rings. The number of hydrogen-bond acceptors (Lipinski definition) is 2. The molecular formula is C9H10Cl3NO. The molecule has 0 spiro atoms. The van der Waals surface area contributed by atoms with E-state index < -0.39 is 6.10 Å². The van der Waals surface area contributed by atoms with Crippen molar-refractivity contribution in [1.82, 2.24) is 0 Å². The molecule has 2 nitrogen and oxygen atoms in total. The average molecular weight is 255 g/mol. The monoisotopic (exact) mass is 253 g/mol. The van der Waals surface area contributed by atoms with Gasteiger partial charge in [-0.05, 0) is 24.6 Å².